The van der Waals surface area contributed by atoms with Gasteiger partial charge in [-0.25, -0.2) is 4.79 Å². The third kappa shape index (κ3) is 5.44. The number of nitrogens with two attached hydrogens (primary N) is 1. The van der Waals surface area contributed by atoms with Gasteiger partial charge in [0.25, 0.3) is 5.91 Å². The summed E-state index contributed by atoms with van der Waals surface area (Å²) in [5, 5.41) is 5.39. The first-order valence-corrected chi connectivity index (χ1v) is 8.02. The molecule has 4 amide bonds. The summed E-state index contributed by atoms with van der Waals surface area (Å²) in [6.07, 6.45) is 0.653. The number of nitrogens with one attached hydrogen (secondary N) is 2. The maximum atomic E-state index is 12.0. The highest BCUT2D eigenvalue weighted by Gasteiger charge is 2.43. The second-order valence-corrected chi connectivity index (χ2v) is 6.44. The monoisotopic (exact) mass is 368 g/mol. The van der Waals surface area contributed by atoms with Crippen molar-refractivity contribution in [2.45, 2.75) is 38.3 Å². The molecule has 1 aliphatic heterocycles. The lowest BCUT2D eigenvalue weighted by Gasteiger charge is -2.16. The number of carbonyl (C=O) groups excluding carboxylic acids is 3. The van der Waals surface area contributed by atoms with E-state index in [0.717, 1.165) is 10.5 Å². The van der Waals surface area contributed by atoms with Crippen molar-refractivity contribution in [2.24, 2.45) is 5.73 Å². The van der Waals surface area contributed by atoms with Crippen molar-refractivity contribution in [3.63, 3.8) is 0 Å². The second kappa shape index (κ2) is 8.82. The predicted octanol–water partition coefficient (Wildman–Crippen LogP) is 1.34. The molecular weight excluding hydrogens is 344 g/mol. The van der Waals surface area contributed by atoms with Crippen LogP contribution < -0.4 is 16.4 Å². The van der Waals surface area contributed by atoms with Gasteiger partial charge in [0.2, 0.25) is 5.91 Å². The minimum absolute atomic E-state index is 0. The molecule has 25 heavy (non-hydrogen) atoms. The molecule has 0 bridgehead atoms. The number of amides is 4. The molecule has 7 nitrogen and oxygen atoms in total. The Morgan fingerprint density at radius 1 is 1.28 bits per heavy atom. The van der Waals surface area contributed by atoms with Crippen molar-refractivity contribution in [3.8, 4) is 0 Å². The van der Waals surface area contributed by atoms with Gasteiger partial charge in [0.1, 0.15) is 5.54 Å². The molecule has 1 unspecified atom stereocenters. The molecule has 0 aromatic heterocycles. The first-order chi connectivity index (χ1) is 11.3. The van der Waals surface area contributed by atoms with Crippen molar-refractivity contribution in [3.05, 3.63) is 35.9 Å². The van der Waals surface area contributed by atoms with Crippen LogP contribution in [0.5, 0.6) is 0 Å². The summed E-state index contributed by atoms with van der Waals surface area (Å²) in [5.41, 5.74) is 6.10. The molecule has 1 atom stereocenters. The Kier molecular flexibility index (Phi) is 7.38. The van der Waals surface area contributed by atoms with Crippen LogP contribution in [0.15, 0.2) is 30.3 Å². The largest absolute Gasteiger partial charge is 0.354 e. The average molecular weight is 369 g/mol. The van der Waals surface area contributed by atoms with Crippen LogP contribution in [0, 0.1) is 0 Å². The normalized spacial score (nSPS) is 16.8. The van der Waals surface area contributed by atoms with E-state index in [9.17, 15) is 14.4 Å². The highest BCUT2D eigenvalue weighted by molar-refractivity contribution is 6.06. The predicted molar refractivity (Wildman–Crippen MR) is 97.2 cm³/mol. The van der Waals surface area contributed by atoms with Gasteiger partial charge in [-0.1, -0.05) is 30.3 Å². The van der Waals surface area contributed by atoms with Gasteiger partial charge in [0.15, 0.2) is 0 Å². The average Bonchev–Trinajstić information content (AvgIpc) is 2.75. The molecule has 1 aliphatic rings. The highest BCUT2D eigenvalue weighted by Crippen LogP contribution is 2.17. The standard InChI is InChI=1S/C17H24N4O3.ClH/c1-17(2)15(23)21(16(24)20-17)10-6-9-14(22)19-11-13(18)12-7-4-3-5-8-12;/h3-5,7-8,13H,6,9-11,18H2,1-2H3,(H,19,22)(H,20,24);1H. The molecule has 1 heterocycles. The van der Waals surface area contributed by atoms with Gasteiger partial charge >= 0.3 is 6.03 Å². The Morgan fingerprint density at radius 2 is 1.92 bits per heavy atom. The number of hydrogen-bond donors (Lipinski definition) is 3. The van der Waals surface area contributed by atoms with E-state index in [1.807, 2.05) is 30.3 Å². The van der Waals surface area contributed by atoms with Crippen LogP contribution in [0.1, 0.15) is 38.3 Å². The van der Waals surface area contributed by atoms with Gasteiger partial charge in [-0.05, 0) is 25.8 Å². The van der Waals surface area contributed by atoms with E-state index in [1.54, 1.807) is 13.8 Å². The van der Waals surface area contributed by atoms with E-state index in [-0.39, 0.29) is 43.2 Å². The van der Waals surface area contributed by atoms with Crippen LogP contribution in [-0.4, -0.2) is 41.4 Å². The zero-order valence-electron chi connectivity index (χ0n) is 14.5. The van der Waals surface area contributed by atoms with Crippen LogP contribution >= 0.6 is 12.4 Å². The number of rotatable bonds is 7. The number of nitrogens with zero attached hydrogens (tertiary/aromatic N) is 1. The molecule has 4 N–H and O–H groups in total. The van der Waals surface area contributed by atoms with Crippen LogP contribution in [0.3, 0.4) is 0 Å². The molecule has 0 saturated carbocycles. The SMILES string of the molecule is CC1(C)NC(=O)N(CCCC(=O)NCC(N)c2ccccc2)C1=O.Cl. The lowest BCUT2D eigenvalue weighted by Crippen LogP contribution is -2.40. The van der Waals surface area contributed by atoms with Gasteiger partial charge in [-0.3, -0.25) is 14.5 Å². The van der Waals surface area contributed by atoms with Crippen molar-refractivity contribution >= 4 is 30.3 Å². The molecule has 0 radical (unpaired) electrons. The molecular formula is C17H25ClN4O3. The quantitative estimate of drug-likeness (QED) is 0.631. The summed E-state index contributed by atoms with van der Waals surface area (Å²) in [6.45, 7) is 3.89. The Labute approximate surface area is 153 Å². The maximum absolute atomic E-state index is 12.0. The van der Waals surface area contributed by atoms with Crippen LogP contribution in [-0.2, 0) is 9.59 Å². The number of hydrogen-bond acceptors (Lipinski definition) is 4. The Hall–Kier alpha value is -2.12. The molecule has 0 spiro atoms. The fourth-order valence-corrected chi connectivity index (χ4v) is 2.55. The van der Waals surface area contributed by atoms with E-state index in [0.29, 0.717) is 13.0 Å². The summed E-state index contributed by atoms with van der Waals surface area (Å²) in [7, 11) is 0. The molecule has 1 aromatic rings. The van der Waals surface area contributed by atoms with Crippen molar-refractivity contribution in [1.82, 2.24) is 15.5 Å². The fourth-order valence-electron chi connectivity index (χ4n) is 2.55. The molecule has 8 heteroatoms. The highest BCUT2D eigenvalue weighted by atomic mass is 35.5. The number of imide groups is 1. The molecule has 1 aromatic carbocycles. The van der Waals surface area contributed by atoms with Crippen molar-refractivity contribution in [2.75, 3.05) is 13.1 Å². The first-order valence-electron chi connectivity index (χ1n) is 8.02. The summed E-state index contributed by atoms with van der Waals surface area (Å²) in [4.78, 5) is 36.8. The molecule has 1 fully saturated rings. The smallest absolute Gasteiger partial charge is 0.325 e. The van der Waals surface area contributed by atoms with E-state index < -0.39 is 11.6 Å². The Balaban J connectivity index is 0.00000312. The van der Waals surface area contributed by atoms with E-state index in [2.05, 4.69) is 10.6 Å². The van der Waals surface area contributed by atoms with E-state index >= 15 is 0 Å². The van der Waals surface area contributed by atoms with Crippen LogP contribution in [0.25, 0.3) is 0 Å². The molecule has 0 aliphatic carbocycles. The summed E-state index contributed by atoms with van der Waals surface area (Å²) in [6, 6.07) is 8.87. The zero-order chi connectivity index (χ0) is 17.7. The Morgan fingerprint density at radius 3 is 2.48 bits per heavy atom. The molecule has 138 valence electrons. The number of benzene rings is 1. The number of urea groups is 1. The summed E-state index contributed by atoms with van der Waals surface area (Å²) in [5.74, 6) is -0.410. The van der Waals surface area contributed by atoms with Gasteiger partial charge in [0.05, 0.1) is 0 Å². The van der Waals surface area contributed by atoms with Gasteiger partial charge in [-0.15, -0.1) is 12.4 Å². The topological polar surface area (TPSA) is 105 Å². The second-order valence-electron chi connectivity index (χ2n) is 6.44. The number of carbonyl (C=O) groups is 3. The van der Waals surface area contributed by atoms with E-state index in [1.165, 1.54) is 0 Å². The fraction of sp³-hybridized carbons (Fsp3) is 0.471. The van der Waals surface area contributed by atoms with Gasteiger partial charge in [-0.2, -0.15) is 0 Å². The van der Waals surface area contributed by atoms with Crippen LogP contribution in [0.2, 0.25) is 0 Å². The molecule has 1 saturated heterocycles. The minimum Gasteiger partial charge on any atom is -0.354 e. The van der Waals surface area contributed by atoms with Gasteiger partial charge < -0.3 is 16.4 Å². The van der Waals surface area contributed by atoms with Crippen LogP contribution in [0.4, 0.5) is 4.79 Å². The maximum Gasteiger partial charge on any atom is 0.325 e. The first kappa shape index (κ1) is 20.9. The lowest BCUT2D eigenvalue weighted by molar-refractivity contribution is -0.130. The van der Waals surface area contributed by atoms with Crippen molar-refractivity contribution < 1.29 is 14.4 Å². The lowest BCUT2D eigenvalue weighted by atomic mass is 10.1. The van der Waals surface area contributed by atoms with Gasteiger partial charge in [0, 0.05) is 25.6 Å². The summed E-state index contributed by atoms with van der Waals surface area (Å²) >= 11 is 0. The third-order valence-electron chi connectivity index (χ3n) is 3.98. The molecule has 2 rings (SSSR count). The van der Waals surface area contributed by atoms with E-state index in [4.69, 9.17) is 5.73 Å². The Bertz CT molecular complexity index is 622. The summed E-state index contributed by atoms with van der Waals surface area (Å²) < 4.78 is 0. The van der Waals surface area contributed by atoms with Crippen molar-refractivity contribution in [1.29, 1.82) is 0 Å². The number of halogens is 1. The minimum atomic E-state index is -0.873. The third-order valence-corrected chi connectivity index (χ3v) is 3.98. The zero-order valence-corrected chi connectivity index (χ0v) is 15.3.